The second-order valence-corrected chi connectivity index (χ2v) is 5.99. The minimum atomic E-state index is 0.0317. The molecule has 1 atom stereocenters. The van der Waals surface area contributed by atoms with Gasteiger partial charge >= 0.3 is 5.97 Å². The van der Waals surface area contributed by atoms with Crippen molar-refractivity contribution in [3.8, 4) is 0 Å². The van der Waals surface area contributed by atoms with Crippen molar-refractivity contribution in [2.24, 2.45) is 11.3 Å². The van der Waals surface area contributed by atoms with Crippen LogP contribution < -0.4 is 0 Å². The minimum absolute atomic E-state index is 0.0317. The zero-order valence-corrected chi connectivity index (χ0v) is 10.5. The lowest BCUT2D eigenvalue weighted by Gasteiger charge is -2.24. The number of ether oxygens (including phenoxy) is 1. The molecule has 15 heavy (non-hydrogen) atoms. The molecule has 2 nitrogen and oxygen atoms in total. The first-order valence-corrected chi connectivity index (χ1v) is 6.09. The Labute approximate surface area is 93.4 Å². The van der Waals surface area contributed by atoms with Gasteiger partial charge < -0.3 is 4.74 Å². The lowest BCUT2D eigenvalue weighted by molar-refractivity contribution is -0.154. The van der Waals surface area contributed by atoms with Crippen molar-refractivity contribution < 1.29 is 9.53 Å². The van der Waals surface area contributed by atoms with Gasteiger partial charge in [-0.25, -0.2) is 0 Å². The third-order valence-electron chi connectivity index (χ3n) is 2.91. The van der Waals surface area contributed by atoms with Crippen LogP contribution in [0.25, 0.3) is 0 Å². The van der Waals surface area contributed by atoms with Gasteiger partial charge in [-0.15, -0.1) is 0 Å². The van der Waals surface area contributed by atoms with E-state index in [1.54, 1.807) is 0 Å². The Morgan fingerprint density at radius 2 is 1.87 bits per heavy atom. The summed E-state index contributed by atoms with van der Waals surface area (Å²) in [6, 6.07) is 0. The quantitative estimate of drug-likeness (QED) is 0.669. The van der Waals surface area contributed by atoms with Crippen LogP contribution in [0.5, 0.6) is 0 Å². The lowest BCUT2D eigenvalue weighted by atomic mass is 9.90. The largest absolute Gasteiger partial charge is 0.462 e. The van der Waals surface area contributed by atoms with Gasteiger partial charge in [0.25, 0.3) is 0 Å². The highest BCUT2D eigenvalue weighted by molar-refractivity contribution is 5.72. The second-order valence-electron chi connectivity index (χ2n) is 5.99. The Kier molecular flexibility index (Phi) is 4.18. The van der Waals surface area contributed by atoms with Crippen molar-refractivity contribution in [3.63, 3.8) is 0 Å². The normalized spacial score (nSPS) is 20.3. The first-order valence-electron chi connectivity index (χ1n) is 6.09. The molecule has 1 rings (SSSR count). The number of carbonyl (C=O) groups is 1. The summed E-state index contributed by atoms with van der Waals surface area (Å²) in [5.41, 5.74) is 0.232. The number of hydrogen-bond acceptors (Lipinski definition) is 2. The van der Waals surface area contributed by atoms with Gasteiger partial charge in [0.2, 0.25) is 0 Å². The fourth-order valence-corrected chi connectivity index (χ4v) is 2.36. The van der Waals surface area contributed by atoms with Crippen LogP contribution in [0, 0.1) is 11.3 Å². The van der Waals surface area contributed by atoms with Gasteiger partial charge in [-0.3, -0.25) is 4.79 Å². The fraction of sp³-hybridized carbons (Fsp3) is 0.923. The summed E-state index contributed by atoms with van der Waals surface area (Å²) in [6.45, 7) is 8.52. The highest BCUT2D eigenvalue weighted by atomic mass is 16.5. The summed E-state index contributed by atoms with van der Waals surface area (Å²) in [5, 5.41) is 0. The van der Waals surface area contributed by atoms with E-state index in [0.717, 1.165) is 19.3 Å². The number of esters is 1. The van der Waals surface area contributed by atoms with Gasteiger partial charge in [0.05, 0.1) is 12.0 Å². The maximum Gasteiger partial charge on any atom is 0.309 e. The monoisotopic (exact) mass is 212 g/mol. The van der Waals surface area contributed by atoms with E-state index in [4.69, 9.17) is 4.74 Å². The molecule has 0 unspecified atom stereocenters. The van der Waals surface area contributed by atoms with Gasteiger partial charge in [-0.1, -0.05) is 33.6 Å². The van der Waals surface area contributed by atoms with E-state index in [1.807, 2.05) is 6.92 Å². The van der Waals surface area contributed by atoms with E-state index >= 15 is 0 Å². The van der Waals surface area contributed by atoms with E-state index in [1.165, 1.54) is 12.8 Å². The molecule has 0 saturated heterocycles. The Morgan fingerprint density at radius 3 is 2.33 bits per heavy atom. The molecule has 0 aliphatic heterocycles. The van der Waals surface area contributed by atoms with E-state index in [0.29, 0.717) is 0 Å². The summed E-state index contributed by atoms with van der Waals surface area (Å²) in [5.74, 6) is 0.219. The average Bonchev–Trinajstić information content (AvgIpc) is 2.50. The molecule has 0 amide bonds. The van der Waals surface area contributed by atoms with Crippen LogP contribution in [0.1, 0.15) is 59.8 Å². The Hall–Kier alpha value is -0.530. The van der Waals surface area contributed by atoms with Crippen LogP contribution >= 0.6 is 0 Å². The molecular weight excluding hydrogens is 188 g/mol. The van der Waals surface area contributed by atoms with Crippen LogP contribution in [-0.2, 0) is 9.53 Å². The van der Waals surface area contributed by atoms with Crippen molar-refractivity contribution in [1.82, 2.24) is 0 Å². The molecule has 0 heterocycles. The number of rotatable bonds is 3. The molecule has 1 saturated carbocycles. The maximum absolute atomic E-state index is 11.7. The number of hydrogen-bond donors (Lipinski definition) is 0. The first-order chi connectivity index (χ1) is 6.88. The predicted molar refractivity (Wildman–Crippen MR) is 61.6 cm³/mol. The topological polar surface area (TPSA) is 26.3 Å². The zero-order chi connectivity index (χ0) is 11.5. The Balaban J connectivity index is 2.30. The molecular formula is C13H24O2. The molecule has 0 bridgehead atoms. The van der Waals surface area contributed by atoms with Crippen LogP contribution in [-0.4, -0.2) is 12.1 Å². The summed E-state index contributed by atoms with van der Waals surface area (Å²) in [7, 11) is 0. The smallest absolute Gasteiger partial charge is 0.309 e. The first kappa shape index (κ1) is 12.5. The molecule has 0 aromatic carbocycles. The van der Waals surface area contributed by atoms with E-state index < -0.39 is 0 Å². The van der Waals surface area contributed by atoms with Crippen molar-refractivity contribution in [2.45, 2.75) is 65.9 Å². The van der Waals surface area contributed by atoms with Crippen LogP contribution in [0.4, 0.5) is 0 Å². The van der Waals surface area contributed by atoms with Crippen LogP contribution in [0.15, 0.2) is 0 Å². The Morgan fingerprint density at radius 1 is 1.33 bits per heavy atom. The van der Waals surface area contributed by atoms with Gasteiger partial charge in [0.15, 0.2) is 0 Å². The molecule has 0 radical (unpaired) electrons. The van der Waals surface area contributed by atoms with Gasteiger partial charge in [-0.05, 0) is 31.6 Å². The summed E-state index contributed by atoms with van der Waals surface area (Å²) in [6.07, 6.45) is 5.42. The minimum Gasteiger partial charge on any atom is -0.462 e. The van der Waals surface area contributed by atoms with Crippen LogP contribution in [0.3, 0.4) is 0 Å². The SMILES string of the molecule is C[C@@H](CC(C)(C)C)OC(=O)C1CCCC1. The van der Waals surface area contributed by atoms with E-state index in [-0.39, 0.29) is 23.4 Å². The molecule has 2 heteroatoms. The Bertz CT molecular complexity index is 209. The van der Waals surface area contributed by atoms with Crippen molar-refractivity contribution in [1.29, 1.82) is 0 Å². The van der Waals surface area contributed by atoms with E-state index in [9.17, 15) is 4.79 Å². The average molecular weight is 212 g/mol. The highest BCUT2D eigenvalue weighted by Crippen LogP contribution is 2.28. The molecule has 1 aliphatic rings. The molecule has 0 aromatic rings. The predicted octanol–water partition coefficient (Wildman–Crippen LogP) is 3.54. The lowest BCUT2D eigenvalue weighted by Crippen LogP contribution is -2.24. The fourth-order valence-electron chi connectivity index (χ4n) is 2.36. The van der Waals surface area contributed by atoms with E-state index in [2.05, 4.69) is 20.8 Å². The van der Waals surface area contributed by atoms with Crippen molar-refractivity contribution >= 4 is 5.97 Å². The molecule has 88 valence electrons. The molecule has 0 N–H and O–H groups in total. The second kappa shape index (κ2) is 5.00. The maximum atomic E-state index is 11.7. The third-order valence-corrected chi connectivity index (χ3v) is 2.91. The number of carbonyl (C=O) groups excluding carboxylic acids is 1. The highest BCUT2D eigenvalue weighted by Gasteiger charge is 2.26. The van der Waals surface area contributed by atoms with Gasteiger partial charge in [0, 0.05) is 0 Å². The van der Waals surface area contributed by atoms with Gasteiger partial charge in [0.1, 0.15) is 0 Å². The summed E-state index contributed by atoms with van der Waals surface area (Å²) >= 11 is 0. The van der Waals surface area contributed by atoms with Gasteiger partial charge in [-0.2, -0.15) is 0 Å². The molecule has 1 aliphatic carbocycles. The zero-order valence-electron chi connectivity index (χ0n) is 10.5. The van der Waals surface area contributed by atoms with Crippen molar-refractivity contribution in [3.05, 3.63) is 0 Å². The summed E-state index contributed by atoms with van der Waals surface area (Å²) in [4.78, 5) is 11.7. The molecule has 0 spiro atoms. The van der Waals surface area contributed by atoms with Crippen molar-refractivity contribution in [2.75, 3.05) is 0 Å². The third kappa shape index (κ3) is 4.67. The summed E-state index contributed by atoms with van der Waals surface area (Å²) < 4.78 is 5.47. The standard InChI is InChI=1S/C13H24O2/c1-10(9-13(2,3)4)15-12(14)11-7-5-6-8-11/h10-11H,5-9H2,1-4H3/t10-/m0/s1. The molecule has 0 aromatic heterocycles. The van der Waals surface area contributed by atoms with Crippen LogP contribution in [0.2, 0.25) is 0 Å². The molecule has 1 fully saturated rings.